The Morgan fingerprint density at radius 1 is 0.373 bits per heavy atom. The van der Waals surface area contributed by atoms with Crippen LogP contribution in [-0.2, 0) is 9.59 Å². The number of amides is 2. The molecule has 0 rings (SSSR count). The van der Waals surface area contributed by atoms with E-state index in [1.165, 1.54) is 38.8 Å². The van der Waals surface area contributed by atoms with E-state index in [0.29, 0.717) is 0 Å². The lowest BCUT2D eigenvalue weighted by molar-refractivity contribution is -0.901. The van der Waals surface area contributed by atoms with Gasteiger partial charge in [0.15, 0.2) is 13.1 Å². The van der Waals surface area contributed by atoms with Crippen molar-refractivity contribution < 1.29 is 133 Å². The van der Waals surface area contributed by atoms with Gasteiger partial charge >= 0.3 is 71.6 Å². The Bertz CT molecular complexity index is 1350. The highest BCUT2D eigenvalue weighted by Crippen LogP contribution is 2.62. The van der Waals surface area contributed by atoms with Crippen LogP contribution < -0.4 is 10.6 Å². The zero-order valence-electron chi connectivity index (χ0n) is 29.9. The number of quaternary nitrogens is 2. The Morgan fingerprint density at radius 3 is 0.814 bits per heavy atom. The number of carbonyl (C=O) groups is 2. The van der Waals surface area contributed by atoms with E-state index >= 15 is 0 Å². The van der Waals surface area contributed by atoms with Crippen molar-refractivity contribution in [2.24, 2.45) is 0 Å². The lowest BCUT2D eigenvalue weighted by Crippen LogP contribution is -2.70. The first-order valence-corrected chi connectivity index (χ1v) is 15.5. The maximum Gasteiger partial charge on any atom is 0.460 e. The highest BCUT2D eigenvalue weighted by atomic mass is 19.4. The first-order valence-electron chi connectivity index (χ1n) is 15.5. The number of hydrogen-bond acceptors (Lipinski definition) is 2. The highest BCUT2D eigenvalue weighted by molar-refractivity contribution is 5.77. The number of alkyl halides is 26. The van der Waals surface area contributed by atoms with E-state index in [1.807, 2.05) is 0 Å². The summed E-state index contributed by atoms with van der Waals surface area (Å²) in [6.07, 6.45) is -20.7. The molecule has 0 atom stereocenters. The van der Waals surface area contributed by atoms with Crippen molar-refractivity contribution in [3.63, 3.8) is 0 Å². The molecular formula is C27H32F26N4O2+2. The van der Waals surface area contributed by atoms with Gasteiger partial charge in [0.25, 0.3) is 11.8 Å². The molecule has 0 bridgehead atoms. The highest BCUT2D eigenvalue weighted by Gasteiger charge is 2.92. The van der Waals surface area contributed by atoms with Gasteiger partial charge in [-0.1, -0.05) is 0 Å². The van der Waals surface area contributed by atoms with Crippen LogP contribution in [0.5, 0.6) is 0 Å². The third kappa shape index (κ3) is 10.9. The lowest BCUT2D eigenvalue weighted by Gasteiger charge is -2.39. The van der Waals surface area contributed by atoms with Gasteiger partial charge in [-0.25, -0.2) is 0 Å². The van der Waals surface area contributed by atoms with Crippen LogP contribution in [0.15, 0.2) is 0 Å². The molecule has 0 fully saturated rings. The van der Waals surface area contributed by atoms with Gasteiger partial charge in [-0.05, 0) is 0 Å². The van der Waals surface area contributed by atoms with Crippen LogP contribution in [-0.4, -0.2) is 160 Å². The van der Waals surface area contributed by atoms with Gasteiger partial charge in [-0.15, -0.1) is 0 Å². The van der Waals surface area contributed by atoms with Crippen LogP contribution in [0.3, 0.4) is 0 Å². The number of carbonyl (C=O) groups excluding carboxylic acids is 2. The van der Waals surface area contributed by atoms with Crippen molar-refractivity contribution in [2.45, 2.75) is 90.8 Å². The SMILES string of the molecule is C[N+](C)(CCC[N+](C)(C)CC(=O)NCCC(F)(F)C(F)(F)C(F)(F)C(F)(F)C(F)(F)C(F)(F)F)CC(=O)NCCC(F)(F)C(F)(F)C(F)(F)C(F)(F)C(F)(F)C(F)(F)F. The number of likely N-dealkylation sites (N-methyl/N-ethyl adjacent to an activating group) is 2. The molecule has 59 heavy (non-hydrogen) atoms. The molecule has 32 heteroatoms. The fourth-order valence-corrected chi connectivity index (χ4v) is 4.61. The summed E-state index contributed by atoms with van der Waals surface area (Å²) in [5.74, 6) is -78.9. The molecule has 0 spiro atoms. The maximum absolute atomic E-state index is 13.9. The smallest absolute Gasteiger partial charge is 0.351 e. The van der Waals surface area contributed by atoms with Gasteiger partial charge < -0.3 is 19.6 Å². The van der Waals surface area contributed by atoms with E-state index in [1.54, 1.807) is 0 Å². The van der Waals surface area contributed by atoms with Crippen LogP contribution in [0.4, 0.5) is 114 Å². The number of nitrogens with zero attached hydrogens (tertiary/aromatic N) is 2. The van der Waals surface area contributed by atoms with E-state index in [9.17, 15) is 124 Å². The molecule has 0 aromatic carbocycles. The molecular weight excluding hydrogens is 906 g/mol. The van der Waals surface area contributed by atoms with Crippen molar-refractivity contribution in [3.8, 4) is 0 Å². The second-order valence-electron chi connectivity index (χ2n) is 14.2. The molecule has 2 amide bonds. The zero-order chi connectivity index (χ0) is 47.9. The summed E-state index contributed by atoms with van der Waals surface area (Å²) in [7, 11) is 4.83. The minimum absolute atomic E-state index is 0.0904. The molecule has 2 N–H and O–H groups in total. The van der Waals surface area contributed by atoms with Crippen molar-refractivity contribution in [2.75, 3.05) is 67.5 Å². The van der Waals surface area contributed by atoms with Crippen molar-refractivity contribution in [1.82, 2.24) is 10.6 Å². The maximum atomic E-state index is 13.9. The van der Waals surface area contributed by atoms with Crippen LogP contribution in [0.2, 0.25) is 0 Å². The number of nitrogens with one attached hydrogen (secondary N) is 2. The minimum atomic E-state index is -8.11. The third-order valence-electron chi connectivity index (χ3n) is 8.19. The summed E-state index contributed by atoms with van der Waals surface area (Å²) >= 11 is 0. The number of rotatable bonds is 22. The second kappa shape index (κ2) is 16.7. The van der Waals surface area contributed by atoms with E-state index in [2.05, 4.69) is 0 Å². The molecule has 0 unspecified atom stereocenters. The van der Waals surface area contributed by atoms with Crippen LogP contribution in [0.25, 0.3) is 0 Å². The second-order valence-corrected chi connectivity index (χ2v) is 14.2. The van der Waals surface area contributed by atoms with Crippen LogP contribution in [0, 0.1) is 0 Å². The van der Waals surface area contributed by atoms with E-state index in [4.69, 9.17) is 0 Å². The molecule has 0 heterocycles. The molecule has 6 nitrogen and oxygen atoms in total. The molecule has 0 aromatic rings. The largest absolute Gasteiger partial charge is 0.460 e. The molecule has 0 saturated carbocycles. The summed E-state index contributed by atoms with van der Waals surface area (Å²) in [4.78, 5) is 24.3. The molecule has 0 aliphatic rings. The third-order valence-corrected chi connectivity index (χ3v) is 8.19. The first kappa shape index (κ1) is 56.0. The van der Waals surface area contributed by atoms with Gasteiger partial charge in [-0.2, -0.15) is 114 Å². The van der Waals surface area contributed by atoms with Crippen molar-refractivity contribution >= 4 is 11.8 Å². The van der Waals surface area contributed by atoms with Gasteiger partial charge in [-0.3, -0.25) is 9.59 Å². The number of hydrogen-bond donors (Lipinski definition) is 2. The average molecular weight is 939 g/mol. The molecule has 0 aliphatic carbocycles. The predicted octanol–water partition coefficient (Wildman–Crippen LogP) is 8.02. The summed E-state index contributed by atoms with van der Waals surface area (Å²) in [5, 5.41) is 2.94. The standard InChI is InChI=1S/C27H30F26N4O2/c1-56(2,12-14(58)54-8-6-16(28,29)18(32,33)20(36,37)22(40,41)24(44,45)26(48,49)50)10-5-11-57(3,4)13-15(59)55-9-7-17(30,31)19(34,35)21(38,39)23(42,43)25(46,47)27(51,52)53/h5-13H2,1-4H3/p+2. The quantitative estimate of drug-likeness (QED) is 0.0855. The summed E-state index contributed by atoms with van der Waals surface area (Å²) in [6.45, 7) is -5.51. The monoisotopic (exact) mass is 938 g/mol. The molecule has 0 aromatic heterocycles. The van der Waals surface area contributed by atoms with Gasteiger partial charge in [0, 0.05) is 32.4 Å². The predicted molar refractivity (Wildman–Crippen MR) is 145 cm³/mol. The molecule has 352 valence electrons. The topological polar surface area (TPSA) is 58.2 Å². The summed E-state index contributed by atoms with van der Waals surface area (Å²) in [6, 6.07) is 0. The average Bonchev–Trinajstić information content (AvgIpc) is 2.98. The molecule has 0 saturated heterocycles. The first-order chi connectivity index (χ1) is 25.4. The number of halogens is 26. The molecule has 0 aliphatic heterocycles. The molecule has 0 radical (unpaired) electrons. The Balaban J connectivity index is 5.31. The Hall–Kier alpha value is -2.96. The minimum Gasteiger partial charge on any atom is -0.351 e. The normalized spacial score (nSPS) is 15.7. The van der Waals surface area contributed by atoms with Crippen molar-refractivity contribution in [1.29, 1.82) is 0 Å². The summed E-state index contributed by atoms with van der Waals surface area (Å²) in [5.41, 5.74) is 0. The van der Waals surface area contributed by atoms with Gasteiger partial charge in [0.1, 0.15) is 0 Å². The van der Waals surface area contributed by atoms with Gasteiger partial charge in [0.2, 0.25) is 0 Å². The zero-order valence-corrected chi connectivity index (χ0v) is 29.9. The lowest BCUT2D eigenvalue weighted by atomic mass is 9.92. The van der Waals surface area contributed by atoms with E-state index in [-0.39, 0.29) is 19.5 Å². The van der Waals surface area contributed by atoms with Crippen LogP contribution >= 0.6 is 0 Å². The fourth-order valence-electron chi connectivity index (χ4n) is 4.61. The van der Waals surface area contributed by atoms with E-state index < -0.39 is 131 Å². The van der Waals surface area contributed by atoms with Crippen LogP contribution in [0.1, 0.15) is 19.3 Å². The summed E-state index contributed by atoms with van der Waals surface area (Å²) < 4.78 is 343. The van der Waals surface area contributed by atoms with Gasteiger partial charge in [0.05, 0.1) is 41.3 Å². The van der Waals surface area contributed by atoms with Crippen molar-refractivity contribution in [3.05, 3.63) is 0 Å². The fraction of sp³-hybridized carbons (Fsp3) is 0.926. The Morgan fingerprint density at radius 2 is 0.593 bits per heavy atom. The van der Waals surface area contributed by atoms with E-state index in [0.717, 1.165) is 0 Å². The Labute approximate surface area is 314 Å². The Kier molecular flexibility index (Phi) is 15.9.